The number of imidazole rings is 1. The lowest BCUT2D eigenvalue weighted by Crippen LogP contribution is -2.38. The Morgan fingerprint density at radius 1 is 1.05 bits per heavy atom. The van der Waals surface area contributed by atoms with Crippen LogP contribution in [0.3, 0.4) is 0 Å². The van der Waals surface area contributed by atoms with Gasteiger partial charge in [0, 0.05) is 29.6 Å². The van der Waals surface area contributed by atoms with Crippen LogP contribution in [0.5, 0.6) is 11.5 Å². The van der Waals surface area contributed by atoms with Gasteiger partial charge in [-0.2, -0.15) is 0 Å². The van der Waals surface area contributed by atoms with Crippen molar-refractivity contribution in [2.75, 3.05) is 25.2 Å². The SMILES string of the molecule is C=CCN(CC(=O)Nc1nc(-c2ccccc2)cn1-c1cccc(C)c1)C(=O)c1ccc2c(c1)OCO2. The summed E-state index contributed by atoms with van der Waals surface area (Å²) in [5.41, 5.74) is 3.99. The highest BCUT2D eigenvalue weighted by Crippen LogP contribution is 2.33. The van der Waals surface area contributed by atoms with Crippen LogP contribution in [0.4, 0.5) is 5.95 Å². The number of hydrogen-bond donors (Lipinski definition) is 1. The minimum Gasteiger partial charge on any atom is -0.454 e. The number of amides is 2. The number of carbonyl (C=O) groups excluding carboxylic acids is 2. The molecule has 0 fully saturated rings. The summed E-state index contributed by atoms with van der Waals surface area (Å²) in [6.07, 6.45) is 3.47. The van der Waals surface area contributed by atoms with Gasteiger partial charge in [-0.1, -0.05) is 48.5 Å². The second-order valence-electron chi connectivity index (χ2n) is 8.62. The van der Waals surface area contributed by atoms with E-state index in [0.717, 1.165) is 22.5 Å². The molecule has 0 unspecified atom stereocenters. The van der Waals surface area contributed by atoms with E-state index in [-0.39, 0.29) is 31.7 Å². The number of nitrogens with zero attached hydrogens (tertiary/aromatic N) is 3. The number of nitrogens with one attached hydrogen (secondary N) is 1. The number of aryl methyl sites for hydroxylation is 1. The monoisotopic (exact) mass is 494 g/mol. The summed E-state index contributed by atoms with van der Waals surface area (Å²) in [6.45, 7) is 5.88. The number of hydrogen-bond acceptors (Lipinski definition) is 5. The zero-order chi connectivity index (χ0) is 25.8. The first-order valence-corrected chi connectivity index (χ1v) is 11.8. The Hall–Kier alpha value is -4.85. The minimum absolute atomic E-state index is 0.115. The number of rotatable bonds is 8. The molecule has 4 aromatic rings. The van der Waals surface area contributed by atoms with Crippen molar-refractivity contribution < 1.29 is 19.1 Å². The van der Waals surface area contributed by atoms with Crippen LogP contribution >= 0.6 is 0 Å². The van der Waals surface area contributed by atoms with E-state index in [1.54, 1.807) is 24.3 Å². The molecule has 1 aliphatic rings. The van der Waals surface area contributed by atoms with Crippen LogP contribution in [0.1, 0.15) is 15.9 Å². The first-order chi connectivity index (χ1) is 18.0. The van der Waals surface area contributed by atoms with Crippen molar-refractivity contribution in [2.45, 2.75) is 6.92 Å². The molecule has 1 aromatic heterocycles. The summed E-state index contributed by atoms with van der Waals surface area (Å²) >= 11 is 0. The second kappa shape index (κ2) is 10.4. The molecular weight excluding hydrogens is 468 g/mol. The Morgan fingerprint density at radius 2 is 1.86 bits per heavy atom. The molecule has 2 heterocycles. The molecule has 0 atom stereocenters. The molecule has 37 heavy (non-hydrogen) atoms. The quantitative estimate of drug-likeness (QED) is 0.354. The molecule has 3 aromatic carbocycles. The van der Waals surface area contributed by atoms with E-state index in [1.165, 1.54) is 4.90 Å². The van der Waals surface area contributed by atoms with Crippen molar-refractivity contribution in [3.8, 4) is 28.4 Å². The third-order valence-corrected chi connectivity index (χ3v) is 5.90. The van der Waals surface area contributed by atoms with Gasteiger partial charge in [0.2, 0.25) is 18.6 Å². The third-order valence-electron chi connectivity index (χ3n) is 5.90. The zero-order valence-electron chi connectivity index (χ0n) is 20.4. The molecule has 1 N–H and O–H groups in total. The number of carbonyl (C=O) groups is 2. The summed E-state index contributed by atoms with van der Waals surface area (Å²) in [6, 6.07) is 22.6. The van der Waals surface area contributed by atoms with Gasteiger partial charge in [0.1, 0.15) is 6.54 Å². The molecule has 0 bridgehead atoms. The lowest BCUT2D eigenvalue weighted by atomic mass is 10.1. The minimum atomic E-state index is -0.380. The highest BCUT2D eigenvalue weighted by molar-refractivity contribution is 5.99. The van der Waals surface area contributed by atoms with Crippen LogP contribution in [0.2, 0.25) is 0 Å². The van der Waals surface area contributed by atoms with Gasteiger partial charge in [0.05, 0.1) is 5.69 Å². The molecule has 0 spiro atoms. The normalized spacial score (nSPS) is 11.7. The Bertz CT molecular complexity index is 1460. The molecular formula is C29H26N4O4. The highest BCUT2D eigenvalue weighted by Gasteiger charge is 2.22. The van der Waals surface area contributed by atoms with Crippen LogP contribution in [-0.4, -0.2) is 46.1 Å². The van der Waals surface area contributed by atoms with E-state index in [1.807, 2.05) is 72.3 Å². The number of fused-ring (bicyclic) bond motifs is 1. The Labute approximate surface area is 214 Å². The zero-order valence-corrected chi connectivity index (χ0v) is 20.4. The van der Waals surface area contributed by atoms with E-state index in [0.29, 0.717) is 23.0 Å². The fraction of sp³-hybridized carbons (Fsp3) is 0.138. The Morgan fingerprint density at radius 3 is 2.65 bits per heavy atom. The molecule has 186 valence electrons. The van der Waals surface area contributed by atoms with Crippen LogP contribution in [0.25, 0.3) is 16.9 Å². The number of anilines is 1. The average molecular weight is 495 g/mol. The van der Waals surface area contributed by atoms with Crippen LogP contribution < -0.4 is 14.8 Å². The first-order valence-electron chi connectivity index (χ1n) is 11.8. The van der Waals surface area contributed by atoms with Crippen molar-refractivity contribution in [1.82, 2.24) is 14.5 Å². The van der Waals surface area contributed by atoms with Gasteiger partial charge in [-0.15, -0.1) is 6.58 Å². The van der Waals surface area contributed by atoms with E-state index < -0.39 is 0 Å². The maximum atomic E-state index is 13.2. The van der Waals surface area contributed by atoms with E-state index >= 15 is 0 Å². The van der Waals surface area contributed by atoms with Crippen LogP contribution in [0.15, 0.2) is 91.6 Å². The number of benzene rings is 3. The van der Waals surface area contributed by atoms with Crippen molar-refractivity contribution in [1.29, 1.82) is 0 Å². The van der Waals surface area contributed by atoms with Gasteiger partial charge in [0.15, 0.2) is 11.5 Å². The summed E-state index contributed by atoms with van der Waals surface area (Å²) in [7, 11) is 0. The third kappa shape index (κ3) is 5.23. The second-order valence-corrected chi connectivity index (χ2v) is 8.62. The maximum Gasteiger partial charge on any atom is 0.254 e. The van der Waals surface area contributed by atoms with Gasteiger partial charge < -0.3 is 14.4 Å². The van der Waals surface area contributed by atoms with Gasteiger partial charge in [-0.05, 0) is 42.8 Å². The van der Waals surface area contributed by atoms with Gasteiger partial charge in [0.25, 0.3) is 5.91 Å². The smallest absolute Gasteiger partial charge is 0.254 e. The molecule has 1 aliphatic heterocycles. The highest BCUT2D eigenvalue weighted by atomic mass is 16.7. The van der Waals surface area contributed by atoms with Crippen molar-refractivity contribution in [2.24, 2.45) is 0 Å². The molecule has 8 heteroatoms. The van der Waals surface area contributed by atoms with Crippen LogP contribution in [0, 0.1) is 6.92 Å². The number of aromatic nitrogens is 2. The van der Waals surface area contributed by atoms with Crippen molar-refractivity contribution >= 4 is 17.8 Å². The van der Waals surface area contributed by atoms with Gasteiger partial charge >= 0.3 is 0 Å². The standard InChI is InChI=1S/C29H26N4O4/c1-3-14-32(28(35)22-12-13-25-26(16-22)37-19-36-25)18-27(34)31-29-30-24(21-9-5-4-6-10-21)17-33(29)23-11-7-8-20(2)15-23/h3-13,15-17H,1,14,18-19H2,2H3,(H,30,31,34). The fourth-order valence-corrected chi connectivity index (χ4v) is 4.12. The summed E-state index contributed by atoms with van der Waals surface area (Å²) in [5.74, 6) is 0.753. The van der Waals surface area contributed by atoms with Gasteiger partial charge in [-0.25, -0.2) is 4.98 Å². The lowest BCUT2D eigenvalue weighted by molar-refractivity contribution is -0.116. The average Bonchev–Trinajstić information content (AvgIpc) is 3.55. The van der Waals surface area contributed by atoms with E-state index in [2.05, 4.69) is 11.9 Å². The predicted molar refractivity (Wildman–Crippen MR) is 141 cm³/mol. The fourth-order valence-electron chi connectivity index (χ4n) is 4.12. The molecule has 8 nitrogen and oxygen atoms in total. The maximum absolute atomic E-state index is 13.2. The van der Waals surface area contributed by atoms with Crippen LogP contribution in [-0.2, 0) is 4.79 Å². The largest absolute Gasteiger partial charge is 0.454 e. The predicted octanol–water partition coefficient (Wildman–Crippen LogP) is 4.84. The summed E-state index contributed by atoms with van der Waals surface area (Å²) < 4.78 is 12.6. The molecule has 2 amide bonds. The lowest BCUT2D eigenvalue weighted by Gasteiger charge is -2.21. The number of ether oxygens (including phenoxy) is 2. The van der Waals surface area contributed by atoms with Crippen molar-refractivity contribution in [3.63, 3.8) is 0 Å². The van der Waals surface area contributed by atoms with Gasteiger partial charge in [-0.3, -0.25) is 19.5 Å². The van der Waals surface area contributed by atoms with Crippen molar-refractivity contribution in [3.05, 3.63) is 103 Å². The summed E-state index contributed by atoms with van der Waals surface area (Å²) in [4.78, 5) is 32.5. The molecule has 0 saturated carbocycles. The Kier molecular flexibility index (Phi) is 6.72. The van der Waals surface area contributed by atoms with E-state index in [9.17, 15) is 9.59 Å². The topological polar surface area (TPSA) is 85.7 Å². The van der Waals surface area contributed by atoms with E-state index in [4.69, 9.17) is 14.5 Å². The summed E-state index contributed by atoms with van der Waals surface area (Å²) in [5, 5.41) is 2.90. The first kappa shape index (κ1) is 23.9. The molecule has 0 radical (unpaired) electrons. The Balaban J connectivity index is 1.40. The molecule has 0 saturated heterocycles. The molecule has 0 aliphatic carbocycles. The molecule has 5 rings (SSSR count).